The zero-order valence-corrected chi connectivity index (χ0v) is 7.33. The van der Waals surface area contributed by atoms with E-state index in [2.05, 4.69) is 0 Å². The molecule has 0 saturated heterocycles. The van der Waals surface area contributed by atoms with E-state index in [0.29, 0.717) is 0 Å². The van der Waals surface area contributed by atoms with E-state index in [9.17, 15) is 0 Å². The first kappa shape index (κ1) is 10.2. The summed E-state index contributed by atoms with van der Waals surface area (Å²) in [6.07, 6.45) is 1.04. The summed E-state index contributed by atoms with van der Waals surface area (Å²) < 4.78 is 0. The molecule has 0 fully saturated rings. The summed E-state index contributed by atoms with van der Waals surface area (Å²) >= 11 is 3.29. The van der Waals surface area contributed by atoms with Gasteiger partial charge in [-0.15, -0.1) is 11.8 Å². The minimum Gasteiger partial charge on any atom is -0.515 e. The summed E-state index contributed by atoms with van der Waals surface area (Å²) in [6, 6.07) is 0. The van der Waals surface area contributed by atoms with Crippen LogP contribution in [0.4, 0.5) is 0 Å². The monoisotopic (exact) mass is 180 g/mol. The molecule has 0 aromatic rings. The van der Waals surface area contributed by atoms with Gasteiger partial charge in [0.1, 0.15) is 0 Å². The molecule has 0 saturated carbocycles. The van der Waals surface area contributed by atoms with Gasteiger partial charge in [0.05, 0.1) is 12.9 Å². The van der Waals surface area contributed by atoms with Gasteiger partial charge in [-0.25, -0.2) is 0 Å². The lowest BCUT2D eigenvalue weighted by Gasteiger charge is -1.94. The third kappa shape index (κ3) is 8.20. The number of thioether (sulfide) groups is 2. The molecule has 0 rings (SSSR count). The summed E-state index contributed by atoms with van der Waals surface area (Å²) in [4.78, 5) is 0. The van der Waals surface area contributed by atoms with Crippen molar-refractivity contribution in [3.63, 3.8) is 0 Å². The Morgan fingerprint density at radius 1 is 1.20 bits per heavy atom. The molecular formula is C6H12O2S2. The summed E-state index contributed by atoms with van der Waals surface area (Å²) in [5.74, 6) is 2.82. The molecule has 2 nitrogen and oxygen atoms in total. The van der Waals surface area contributed by atoms with Crippen LogP contribution in [0.2, 0.25) is 0 Å². The summed E-state index contributed by atoms with van der Waals surface area (Å²) in [5, 5.41) is 18.3. The fraction of sp³-hybridized carbons (Fsp3) is 0.667. The highest BCUT2D eigenvalue weighted by molar-refractivity contribution is 8.04. The Bertz CT molecular complexity index is 85.8. The normalized spacial score (nSPS) is 10.9. The topological polar surface area (TPSA) is 40.5 Å². The lowest BCUT2D eigenvalue weighted by Crippen LogP contribution is -1.89. The lowest BCUT2D eigenvalue weighted by atomic mass is 10.9. The van der Waals surface area contributed by atoms with E-state index < -0.39 is 0 Å². The number of aliphatic hydroxyl groups is 2. The van der Waals surface area contributed by atoms with Crippen molar-refractivity contribution in [3.05, 3.63) is 11.7 Å². The minimum absolute atomic E-state index is 0.255. The molecular weight excluding hydrogens is 168 g/mol. The van der Waals surface area contributed by atoms with Gasteiger partial charge in [0.15, 0.2) is 0 Å². The molecule has 0 atom stereocenters. The van der Waals surface area contributed by atoms with Crippen LogP contribution >= 0.6 is 23.5 Å². The molecule has 10 heavy (non-hydrogen) atoms. The van der Waals surface area contributed by atoms with E-state index in [1.807, 2.05) is 0 Å². The standard InChI is InChI=1S/C6H12O2S2/c7-1-3-9-5-6-10-4-2-8/h1,3,7-8H,2,4-6H2. The molecule has 0 aromatic carbocycles. The predicted octanol–water partition coefficient (Wildman–Crippen LogP) is 1.47. The van der Waals surface area contributed by atoms with Gasteiger partial charge in [-0.3, -0.25) is 0 Å². The van der Waals surface area contributed by atoms with Gasteiger partial charge in [-0.1, -0.05) is 0 Å². The number of rotatable bonds is 6. The molecule has 0 aliphatic heterocycles. The Balaban J connectivity index is 2.77. The smallest absolute Gasteiger partial charge is 0.0854 e. The highest BCUT2D eigenvalue weighted by atomic mass is 32.2. The van der Waals surface area contributed by atoms with Gasteiger partial charge in [-0.05, 0) is 0 Å². The van der Waals surface area contributed by atoms with Crippen LogP contribution < -0.4 is 0 Å². The SMILES string of the molecule is OC=CSCCSCCO. The van der Waals surface area contributed by atoms with E-state index in [0.717, 1.165) is 23.5 Å². The van der Waals surface area contributed by atoms with Gasteiger partial charge in [0.2, 0.25) is 0 Å². The summed E-state index contributed by atoms with van der Waals surface area (Å²) in [5.41, 5.74) is 0. The maximum Gasteiger partial charge on any atom is 0.0854 e. The van der Waals surface area contributed by atoms with E-state index in [1.165, 1.54) is 0 Å². The van der Waals surface area contributed by atoms with Crippen molar-refractivity contribution in [2.24, 2.45) is 0 Å². The molecule has 0 bridgehead atoms. The minimum atomic E-state index is 0.255. The Morgan fingerprint density at radius 2 is 2.00 bits per heavy atom. The summed E-state index contributed by atoms with van der Waals surface area (Å²) in [7, 11) is 0. The van der Waals surface area contributed by atoms with E-state index >= 15 is 0 Å². The van der Waals surface area contributed by atoms with Crippen molar-refractivity contribution >= 4 is 23.5 Å². The molecule has 0 aliphatic rings. The van der Waals surface area contributed by atoms with Crippen molar-refractivity contribution in [2.75, 3.05) is 23.9 Å². The molecule has 60 valence electrons. The van der Waals surface area contributed by atoms with Crippen LogP contribution in [0.5, 0.6) is 0 Å². The fourth-order valence-corrected chi connectivity index (χ4v) is 1.80. The van der Waals surface area contributed by atoms with Gasteiger partial charge >= 0.3 is 0 Å². The second-order valence-corrected chi connectivity index (χ2v) is 3.73. The van der Waals surface area contributed by atoms with Crippen LogP contribution in [0, 0.1) is 0 Å². The van der Waals surface area contributed by atoms with Crippen molar-refractivity contribution < 1.29 is 10.2 Å². The lowest BCUT2D eigenvalue weighted by molar-refractivity contribution is 0.322. The molecule has 2 N–H and O–H groups in total. The zero-order chi connectivity index (χ0) is 7.66. The molecule has 0 spiro atoms. The average molecular weight is 180 g/mol. The molecule has 0 aromatic heterocycles. The van der Waals surface area contributed by atoms with Crippen molar-refractivity contribution in [1.82, 2.24) is 0 Å². The van der Waals surface area contributed by atoms with Gasteiger partial charge in [0.25, 0.3) is 0 Å². The van der Waals surface area contributed by atoms with Crippen molar-refractivity contribution in [2.45, 2.75) is 0 Å². The maximum absolute atomic E-state index is 8.39. The molecule has 4 heteroatoms. The summed E-state index contributed by atoms with van der Waals surface area (Å²) in [6.45, 7) is 0.255. The molecule has 0 aliphatic carbocycles. The van der Waals surface area contributed by atoms with Crippen molar-refractivity contribution in [3.8, 4) is 0 Å². The molecule has 0 unspecified atom stereocenters. The van der Waals surface area contributed by atoms with E-state index in [1.54, 1.807) is 28.9 Å². The Labute approximate surface area is 69.7 Å². The number of hydrogen-bond acceptors (Lipinski definition) is 4. The second kappa shape index (κ2) is 9.20. The average Bonchev–Trinajstić information content (AvgIpc) is 1.97. The molecule has 0 amide bonds. The third-order valence-corrected chi connectivity index (χ3v) is 2.71. The first-order valence-corrected chi connectivity index (χ1v) is 5.21. The number of hydrogen-bond donors (Lipinski definition) is 2. The van der Waals surface area contributed by atoms with Crippen LogP contribution in [0.1, 0.15) is 0 Å². The van der Waals surface area contributed by atoms with Gasteiger partial charge < -0.3 is 10.2 Å². The van der Waals surface area contributed by atoms with Crippen molar-refractivity contribution in [1.29, 1.82) is 0 Å². The maximum atomic E-state index is 8.39. The Morgan fingerprint density at radius 3 is 2.60 bits per heavy atom. The second-order valence-electron chi connectivity index (χ2n) is 1.49. The van der Waals surface area contributed by atoms with E-state index in [4.69, 9.17) is 10.2 Å². The van der Waals surface area contributed by atoms with E-state index in [-0.39, 0.29) is 6.61 Å². The Kier molecular flexibility index (Phi) is 9.38. The molecule has 0 heterocycles. The van der Waals surface area contributed by atoms with Crippen LogP contribution in [-0.2, 0) is 0 Å². The van der Waals surface area contributed by atoms with Gasteiger partial charge in [0, 0.05) is 22.7 Å². The van der Waals surface area contributed by atoms with Crippen LogP contribution in [0.15, 0.2) is 11.7 Å². The first-order chi connectivity index (χ1) is 4.91. The highest BCUT2D eigenvalue weighted by Crippen LogP contribution is 2.06. The predicted molar refractivity (Wildman–Crippen MR) is 48.6 cm³/mol. The quantitative estimate of drug-likeness (QED) is 0.480. The third-order valence-electron chi connectivity index (χ3n) is 0.738. The fourth-order valence-electron chi connectivity index (χ4n) is 0.385. The first-order valence-electron chi connectivity index (χ1n) is 3.01. The van der Waals surface area contributed by atoms with Crippen LogP contribution in [0.3, 0.4) is 0 Å². The zero-order valence-electron chi connectivity index (χ0n) is 5.69. The van der Waals surface area contributed by atoms with Gasteiger partial charge in [-0.2, -0.15) is 11.8 Å². The van der Waals surface area contributed by atoms with Crippen LogP contribution in [-0.4, -0.2) is 34.1 Å². The highest BCUT2D eigenvalue weighted by Gasteiger charge is 1.85. The number of aliphatic hydroxyl groups excluding tert-OH is 2. The van der Waals surface area contributed by atoms with Crippen LogP contribution in [0.25, 0.3) is 0 Å². The molecule has 0 radical (unpaired) electrons. The largest absolute Gasteiger partial charge is 0.515 e. The Hall–Kier alpha value is 0.200.